The second kappa shape index (κ2) is 11.9. The molecule has 1 amide bonds. The summed E-state index contributed by atoms with van der Waals surface area (Å²) in [4.78, 5) is 22.6. The van der Waals surface area contributed by atoms with Crippen LogP contribution in [0.1, 0.15) is 63.7 Å². The molecule has 0 aromatic heterocycles. The minimum absolute atomic E-state index is 0.133. The minimum Gasteiger partial charge on any atom is -0.462 e. The molecule has 0 heterocycles. The molecule has 0 bridgehead atoms. The van der Waals surface area contributed by atoms with Crippen molar-refractivity contribution < 1.29 is 14.3 Å². The van der Waals surface area contributed by atoms with Gasteiger partial charge < -0.3 is 10.1 Å². The van der Waals surface area contributed by atoms with E-state index in [2.05, 4.69) is 12.2 Å². The number of hydrogen-bond donors (Lipinski definition) is 1. The first-order valence-corrected chi connectivity index (χ1v) is 7.68. The standard InChI is InChI=1S/C15H21NO3.C2H6/c1-3-4-5-6-11-19-15(18)13-7-9-14(10-8-13)16-12(2)17;1-2/h7-10H,3-6,11H2,1-2H3,(H,16,17);1-2H3. The number of nitrogens with one attached hydrogen (secondary N) is 1. The fourth-order valence-corrected chi connectivity index (χ4v) is 1.67. The van der Waals surface area contributed by atoms with Gasteiger partial charge in [0.2, 0.25) is 5.91 Å². The lowest BCUT2D eigenvalue weighted by Gasteiger charge is -2.06. The highest BCUT2D eigenvalue weighted by Gasteiger charge is 2.06. The van der Waals surface area contributed by atoms with Crippen molar-refractivity contribution in [2.75, 3.05) is 11.9 Å². The normalized spacial score (nSPS) is 9.33. The van der Waals surface area contributed by atoms with E-state index in [0.717, 1.165) is 12.8 Å². The number of esters is 1. The number of hydrogen-bond acceptors (Lipinski definition) is 3. The third kappa shape index (κ3) is 8.84. The Morgan fingerprint density at radius 1 is 1.05 bits per heavy atom. The molecule has 118 valence electrons. The topological polar surface area (TPSA) is 55.4 Å². The van der Waals surface area contributed by atoms with Crippen LogP contribution >= 0.6 is 0 Å². The van der Waals surface area contributed by atoms with Gasteiger partial charge in [0.25, 0.3) is 0 Å². The molecule has 1 aromatic rings. The summed E-state index contributed by atoms with van der Waals surface area (Å²) in [5, 5.41) is 2.65. The van der Waals surface area contributed by atoms with Crippen molar-refractivity contribution in [1.29, 1.82) is 0 Å². The van der Waals surface area contributed by atoms with Gasteiger partial charge in [-0.25, -0.2) is 4.79 Å². The first kappa shape index (κ1) is 19.2. The molecular weight excluding hydrogens is 266 g/mol. The van der Waals surface area contributed by atoms with Crippen LogP contribution in [0.25, 0.3) is 0 Å². The average Bonchev–Trinajstić information content (AvgIpc) is 2.49. The van der Waals surface area contributed by atoms with Crippen LogP contribution in [-0.4, -0.2) is 18.5 Å². The Kier molecular flexibility index (Phi) is 10.9. The molecule has 0 aliphatic carbocycles. The van der Waals surface area contributed by atoms with Crippen LogP contribution in [-0.2, 0) is 9.53 Å². The zero-order valence-electron chi connectivity index (χ0n) is 13.6. The molecule has 4 nitrogen and oxygen atoms in total. The van der Waals surface area contributed by atoms with Crippen LogP contribution in [0, 0.1) is 0 Å². The van der Waals surface area contributed by atoms with Crippen LogP contribution in [0.2, 0.25) is 0 Å². The number of carbonyl (C=O) groups is 2. The van der Waals surface area contributed by atoms with Gasteiger partial charge in [-0.2, -0.15) is 0 Å². The Morgan fingerprint density at radius 2 is 1.67 bits per heavy atom. The molecule has 0 saturated carbocycles. The van der Waals surface area contributed by atoms with Crippen LogP contribution in [0.4, 0.5) is 5.69 Å². The highest BCUT2D eigenvalue weighted by atomic mass is 16.5. The number of ether oxygens (including phenoxy) is 1. The lowest BCUT2D eigenvalue weighted by atomic mass is 10.2. The van der Waals surface area contributed by atoms with E-state index >= 15 is 0 Å². The van der Waals surface area contributed by atoms with Crippen molar-refractivity contribution >= 4 is 17.6 Å². The lowest BCUT2D eigenvalue weighted by Crippen LogP contribution is -2.08. The van der Waals surface area contributed by atoms with Gasteiger partial charge in [0, 0.05) is 12.6 Å². The van der Waals surface area contributed by atoms with Gasteiger partial charge in [-0.3, -0.25) is 4.79 Å². The summed E-state index contributed by atoms with van der Waals surface area (Å²) in [6, 6.07) is 6.68. The van der Waals surface area contributed by atoms with Crippen molar-refractivity contribution in [3.8, 4) is 0 Å². The van der Waals surface area contributed by atoms with Crippen molar-refractivity contribution in [3.05, 3.63) is 29.8 Å². The average molecular weight is 293 g/mol. The third-order valence-electron chi connectivity index (χ3n) is 2.67. The first-order chi connectivity index (χ1) is 10.1. The van der Waals surface area contributed by atoms with E-state index in [-0.39, 0.29) is 11.9 Å². The second-order valence-electron chi connectivity index (χ2n) is 4.46. The summed E-state index contributed by atoms with van der Waals surface area (Å²) in [5.41, 5.74) is 1.18. The molecule has 0 aliphatic heterocycles. The summed E-state index contributed by atoms with van der Waals surface area (Å²) in [7, 11) is 0. The fraction of sp³-hybridized carbons (Fsp3) is 0.529. The maximum absolute atomic E-state index is 11.7. The third-order valence-corrected chi connectivity index (χ3v) is 2.67. The molecule has 0 saturated heterocycles. The Bertz CT molecular complexity index is 413. The van der Waals surface area contributed by atoms with Gasteiger partial charge in [0.1, 0.15) is 0 Å². The van der Waals surface area contributed by atoms with Gasteiger partial charge in [0.05, 0.1) is 12.2 Å². The van der Waals surface area contributed by atoms with E-state index in [1.807, 2.05) is 13.8 Å². The van der Waals surface area contributed by atoms with Crippen molar-refractivity contribution in [2.45, 2.75) is 53.4 Å². The smallest absolute Gasteiger partial charge is 0.338 e. The van der Waals surface area contributed by atoms with Crippen molar-refractivity contribution in [3.63, 3.8) is 0 Å². The number of anilines is 1. The highest BCUT2D eigenvalue weighted by molar-refractivity contribution is 5.92. The number of unbranched alkanes of at least 4 members (excludes halogenated alkanes) is 3. The van der Waals surface area contributed by atoms with E-state index in [1.165, 1.54) is 19.8 Å². The van der Waals surface area contributed by atoms with Crippen LogP contribution in [0.15, 0.2) is 24.3 Å². The van der Waals surface area contributed by atoms with Gasteiger partial charge in [-0.1, -0.05) is 40.0 Å². The van der Waals surface area contributed by atoms with E-state index in [4.69, 9.17) is 4.74 Å². The Hall–Kier alpha value is -1.84. The van der Waals surface area contributed by atoms with E-state index in [0.29, 0.717) is 17.9 Å². The van der Waals surface area contributed by atoms with Gasteiger partial charge in [-0.05, 0) is 30.7 Å². The Labute approximate surface area is 127 Å². The summed E-state index contributed by atoms with van der Waals surface area (Å²) in [6.07, 6.45) is 4.33. The molecule has 0 radical (unpaired) electrons. The highest BCUT2D eigenvalue weighted by Crippen LogP contribution is 2.11. The maximum atomic E-state index is 11.7. The molecule has 0 fully saturated rings. The molecule has 21 heavy (non-hydrogen) atoms. The molecule has 0 atom stereocenters. The molecule has 0 spiro atoms. The number of amides is 1. The number of rotatable bonds is 7. The van der Waals surface area contributed by atoms with Crippen LogP contribution < -0.4 is 5.32 Å². The zero-order valence-corrected chi connectivity index (χ0v) is 13.6. The van der Waals surface area contributed by atoms with E-state index < -0.39 is 0 Å². The summed E-state index contributed by atoms with van der Waals surface area (Å²) in [5.74, 6) is -0.447. The molecule has 0 aliphatic rings. The second-order valence-corrected chi connectivity index (χ2v) is 4.46. The molecule has 1 N–H and O–H groups in total. The summed E-state index contributed by atoms with van der Waals surface area (Å²) < 4.78 is 5.17. The number of carbonyl (C=O) groups excluding carboxylic acids is 2. The van der Waals surface area contributed by atoms with Crippen molar-refractivity contribution in [2.24, 2.45) is 0 Å². The molecule has 4 heteroatoms. The predicted molar refractivity (Wildman–Crippen MR) is 86.5 cm³/mol. The first-order valence-electron chi connectivity index (χ1n) is 7.68. The maximum Gasteiger partial charge on any atom is 0.338 e. The summed E-state index contributed by atoms with van der Waals surface area (Å²) in [6.45, 7) is 8.05. The van der Waals surface area contributed by atoms with Crippen molar-refractivity contribution in [1.82, 2.24) is 0 Å². The van der Waals surface area contributed by atoms with Gasteiger partial charge >= 0.3 is 5.97 Å². The molecular formula is C17H27NO3. The molecule has 0 unspecified atom stereocenters. The summed E-state index contributed by atoms with van der Waals surface area (Å²) >= 11 is 0. The predicted octanol–water partition coefficient (Wildman–Crippen LogP) is 4.41. The zero-order chi connectivity index (χ0) is 16.1. The SMILES string of the molecule is CC.CCCCCCOC(=O)c1ccc(NC(C)=O)cc1. The van der Waals surface area contributed by atoms with Gasteiger partial charge in [-0.15, -0.1) is 0 Å². The lowest BCUT2D eigenvalue weighted by molar-refractivity contribution is -0.114. The molecule has 1 aromatic carbocycles. The monoisotopic (exact) mass is 293 g/mol. The van der Waals surface area contributed by atoms with Gasteiger partial charge in [0.15, 0.2) is 0 Å². The minimum atomic E-state index is -0.314. The fourth-order valence-electron chi connectivity index (χ4n) is 1.67. The molecule has 1 rings (SSSR count). The van der Waals surface area contributed by atoms with E-state index in [1.54, 1.807) is 24.3 Å². The number of benzene rings is 1. The van der Waals surface area contributed by atoms with Crippen LogP contribution in [0.3, 0.4) is 0 Å². The Morgan fingerprint density at radius 3 is 2.19 bits per heavy atom. The van der Waals surface area contributed by atoms with E-state index in [9.17, 15) is 9.59 Å². The van der Waals surface area contributed by atoms with Crippen LogP contribution in [0.5, 0.6) is 0 Å². The quantitative estimate of drug-likeness (QED) is 0.598. The largest absolute Gasteiger partial charge is 0.462 e. The Balaban J connectivity index is 0.00000191.